The van der Waals surface area contributed by atoms with Gasteiger partial charge in [-0.3, -0.25) is 10.1 Å². The van der Waals surface area contributed by atoms with Crippen LogP contribution in [0.5, 0.6) is 5.88 Å². The summed E-state index contributed by atoms with van der Waals surface area (Å²) in [6, 6.07) is 10.7. The average molecular weight is 560 g/mol. The zero-order valence-electron chi connectivity index (χ0n) is 22.1. The number of fused-ring (bicyclic) bond motifs is 5. The highest BCUT2D eigenvalue weighted by Gasteiger charge is 2.30. The summed E-state index contributed by atoms with van der Waals surface area (Å²) in [4.78, 5) is 34.5. The maximum absolute atomic E-state index is 13.6. The Morgan fingerprint density at radius 2 is 1.90 bits per heavy atom. The molecular formula is C28H25N5O6S. The maximum Gasteiger partial charge on any atom is 0.413 e. The average Bonchev–Trinajstić information content (AvgIpc) is 3.23. The molecule has 0 radical (unpaired) electrons. The first kappa shape index (κ1) is 26.7. The molecule has 6 rings (SSSR count). The molecule has 3 aromatic heterocycles. The summed E-state index contributed by atoms with van der Waals surface area (Å²) in [6.07, 6.45) is 4.02. The zero-order chi connectivity index (χ0) is 28.7. The molecule has 11 nitrogen and oxygen atoms in total. The zero-order valence-corrected chi connectivity index (χ0v) is 22.9. The van der Waals surface area contributed by atoms with E-state index in [1.54, 1.807) is 68.1 Å². The third-order valence-corrected chi connectivity index (χ3v) is 6.75. The van der Waals surface area contributed by atoms with E-state index in [-0.39, 0.29) is 5.82 Å². The van der Waals surface area contributed by atoms with Crippen molar-refractivity contribution in [1.82, 2.24) is 19.3 Å². The van der Waals surface area contributed by atoms with Gasteiger partial charge in [0.1, 0.15) is 17.5 Å². The SMILES string of the molecule is COc1ncccc1-c1cn2c3ccc(cc13)C#CS(=O)(=O)NC(=O)C2c1ccnc(NC(=O)OC(C)(C)C)c1. The predicted octanol–water partition coefficient (Wildman–Crippen LogP) is 3.81. The largest absolute Gasteiger partial charge is 0.481 e. The van der Waals surface area contributed by atoms with Crippen molar-refractivity contribution in [1.29, 1.82) is 0 Å². The summed E-state index contributed by atoms with van der Waals surface area (Å²) in [6.45, 7) is 5.18. The van der Waals surface area contributed by atoms with Crippen LogP contribution in [0.3, 0.4) is 0 Å². The molecule has 0 saturated carbocycles. The van der Waals surface area contributed by atoms with Crippen LogP contribution in [-0.2, 0) is 19.6 Å². The summed E-state index contributed by atoms with van der Waals surface area (Å²) >= 11 is 0. The number of amides is 2. The van der Waals surface area contributed by atoms with Crippen molar-refractivity contribution in [2.45, 2.75) is 32.4 Å². The number of hydrogen-bond donors (Lipinski definition) is 2. The van der Waals surface area contributed by atoms with Gasteiger partial charge in [0, 0.05) is 46.2 Å². The van der Waals surface area contributed by atoms with Gasteiger partial charge in [0.05, 0.1) is 12.4 Å². The molecule has 1 atom stereocenters. The summed E-state index contributed by atoms with van der Waals surface area (Å²) < 4.78 is 39.8. The molecule has 0 saturated heterocycles. The Kier molecular flexibility index (Phi) is 6.69. The maximum atomic E-state index is 13.6. The quantitative estimate of drug-likeness (QED) is 0.360. The summed E-state index contributed by atoms with van der Waals surface area (Å²) in [5, 5.41) is 5.43. The van der Waals surface area contributed by atoms with Gasteiger partial charge >= 0.3 is 16.1 Å². The van der Waals surface area contributed by atoms with E-state index < -0.39 is 33.7 Å². The molecule has 2 amide bonds. The van der Waals surface area contributed by atoms with Gasteiger partial charge in [0.25, 0.3) is 5.91 Å². The standard InChI is InChI=1S/C28H25N5O6S/c1-28(2,3)39-27(35)31-23-15-18(9-12-29-23)24-25(34)32-40(36,37)13-10-17-7-8-22-20(14-17)21(16-33(22)24)19-6-5-11-30-26(19)38-4/h5-9,11-12,14-16,24H,1-4H3,(H,32,34)(H,29,31,35). The van der Waals surface area contributed by atoms with Gasteiger partial charge in [0.15, 0.2) is 0 Å². The topological polar surface area (TPSA) is 142 Å². The minimum Gasteiger partial charge on any atom is -0.481 e. The molecule has 5 heterocycles. The van der Waals surface area contributed by atoms with E-state index in [0.29, 0.717) is 39.0 Å². The van der Waals surface area contributed by atoms with Crippen LogP contribution in [0.1, 0.15) is 37.9 Å². The second-order valence-electron chi connectivity index (χ2n) is 9.94. The number of pyridine rings is 2. The first-order chi connectivity index (χ1) is 18.9. The molecule has 1 unspecified atom stereocenters. The Morgan fingerprint density at radius 1 is 1.10 bits per heavy atom. The normalized spacial score (nSPS) is 16.0. The number of sulfonamides is 1. The highest BCUT2D eigenvalue weighted by Crippen LogP contribution is 2.38. The van der Waals surface area contributed by atoms with Crippen LogP contribution in [0, 0.1) is 11.2 Å². The molecule has 4 aromatic rings. The molecule has 2 N–H and O–H groups in total. The van der Waals surface area contributed by atoms with Crippen molar-refractivity contribution in [2.24, 2.45) is 0 Å². The van der Waals surface area contributed by atoms with E-state index in [1.807, 2.05) is 6.07 Å². The Hall–Kier alpha value is -4.89. The van der Waals surface area contributed by atoms with Crippen LogP contribution < -0.4 is 14.8 Å². The third kappa shape index (κ3) is 5.45. The van der Waals surface area contributed by atoms with E-state index in [2.05, 4.69) is 31.2 Å². The van der Waals surface area contributed by atoms with E-state index in [9.17, 15) is 18.0 Å². The van der Waals surface area contributed by atoms with Gasteiger partial charge in [0.2, 0.25) is 5.88 Å². The van der Waals surface area contributed by atoms with Crippen LogP contribution in [0.4, 0.5) is 10.6 Å². The van der Waals surface area contributed by atoms with Crippen molar-refractivity contribution in [3.05, 3.63) is 72.2 Å². The van der Waals surface area contributed by atoms with Gasteiger partial charge in [-0.15, -0.1) is 0 Å². The number of hydrogen-bond acceptors (Lipinski definition) is 8. The lowest BCUT2D eigenvalue weighted by molar-refractivity contribution is -0.121. The number of nitrogens with zero attached hydrogens (tertiary/aromatic N) is 3. The van der Waals surface area contributed by atoms with Gasteiger partial charge in [-0.1, -0.05) is 0 Å². The molecule has 1 aromatic carbocycles. The van der Waals surface area contributed by atoms with Crippen LogP contribution in [0.25, 0.3) is 22.0 Å². The van der Waals surface area contributed by atoms with Crippen molar-refractivity contribution in [2.75, 3.05) is 12.4 Å². The van der Waals surface area contributed by atoms with E-state index in [4.69, 9.17) is 9.47 Å². The van der Waals surface area contributed by atoms with Crippen molar-refractivity contribution >= 4 is 38.7 Å². The molecule has 0 spiro atoms. The number of benzene rings is 1. The van der Waals surface area contributed by atoms with Gasteiger partial charge in [-0.05, 0) is 74.7 Å². The minimum absolute atomic E-state index is 0.115. The monoisotopic (exact) mass is 559 g/mol. The second-order valence-corrected chi connectivity index (χ2v) is 11.4. The van der Waals surface area contributed by atoms with Crippen LogP contribution >= 0.6 is 0 Å². The number of aromatic nitrogens is 3. The molecule has 0 aliphatic carbocycles. The fraction of sp³-hybridized carbons (Fsp3) is 0.214. The lowest BCUT2D eigenvalue weighted by atomic mass is 10.0. The fourth-order valence-corrected chi connectivity index (χ4v) is 5.07. The Balaban J connectivity index is 1.72. The Morgan fingerprint density at radius 3 is 2.65 bits per heavy atom. The van der Waals surface area contributed by atoms with Gasteiger partial charge < -0.3 is 14.0 Å². The number of methoxy groups -OCH3 is 1. The number of anilines is 1. The molecule has 2 aliphatic rings. The highest BCUT2D eigenvalue weighted by molar-refractivity contribution is 7.94. The molecule has 2 aliphatic heterocycles. The molecule has 12 heteroatoms. The predicted molar refractivity (Wildman–Crippen MR) is 148 cm³/mol. The van der Waals surface area contributed by atoms with Crippen LogP contribution in [0.2, 0.25) is 0 Å². The van der Waals surface area contributed by atoms with E-state index in [1.165, 1.54) is 19.4 Å². The molecule has 40 heavy (non-hydrogen) atoms. The first-order valence-electron chi connectivity index (χ1n) is 12.1. The highest BCUT2D eigenvalue weighted by atomic mass is 32.2. The van der Waals surface area contributed by atoms with Crippen molar-refractivity contribution < 1.29 is 27.5 Å². The number of rotatable bonds is 4. The molecule has 204 valence electrons. The number of carbonyl (C=O) groups is 2. The molecular weight excluding hydrogens is 534 g/mol. The van der Waals surface area contributed by atoms with Crippen molar-refractivity contribution in [3.8, 4) is 28.2 Å². The third-order valence-electron chi connectivity index (χ3n) is 5.91. The number of ether oxygens (including phenoxy) is 2. The lowest BCUT2D eigenvalue weighted by Gasteiger charge is -2.21. The lowest BCUT2D eigenvalue weighted by Crippen LogP contribution is -2.36. The smallest absolute Gasteiger partial charge is 0.413 e. The number of nitrogens with one attached hydrogen (secondary N) is 2. The van der Waals surface area contributed by atoms with Crippen molar-refractivity contribution in [3.63, 3.8) is 0 Å². The fourth-order valence-electron chi connectivity index (χ4n) is 4.39. The van der Waals surface area contributed by atoms with E-state index >= 15 is 0 Å². The molecule has 0 fully saturated rings. The Labute approximate surface area is 230 Å². The van der Waals surface area contributed by atoms with E-state index in [0.717, 1.165) is 0 Å². The molecule has 4 bridgehead atoms. The minimum atomic E-state index is -4.29. The van der Waals surface area contributed by atoms with Crippen LogP contribution in [0.15, 0.2) is 61.1 Å². The first-order valence-corrected chi connectivity index (χ1v) is 13.6. The summed E-state index contributed by atoms with van der Waals surface area (Å²) in [5.74, 6) is 2.27. The van der Waals surface area contributed by atoms with Gasteiger partial charge in [-0.25, -0.2) is 19.5 Å². The summed E-state index contributed by atoms with van der Waals surface area (Å²) in [7, 11) is -2.78. The Bertz CT molecular complexity index is 1830. The summed E-state index contributed by atoms with van der Waals surface area (Å²) in [5.41, 5.74) is 2.06. The number of carbonyl (C=O) groups excluding carboxylic acids is 2. The second kappa shape index (κ2) is 10.0. The van der Waals surface area contributed by atoms with Gasteiger partial charge in [-0.2, -0.15) is 8.42 Å². The van der Waals surface area contributed by atoms with Crippen LogP contribution in [-0.4, -0.2) is 47.7 Å².